The number of carbonyl (C=O) groups is 2. The Morgan fingerprint density at radius 1 is 0.964 bits per heavy atom. The summed E-state index contributed by atoms with van der Waals surface area (Å²) in [7, 11) is 1.55. The molecule has 0 unspecified atom stereocenters. The van der Waals surface area contributed by atoms with Gasteiger partial charge in [-0.3, -0.25) is 9.59 Å². The van der Waals surface area contributed by atoms with Crippen molar-refractivity contribution >= 4 is 17.5 Å². The third-order valence-electron chi connectivity index (χ3n) is 4.76. The van der Waals surface area contributed by atoms with E-state index in [1.54, 1.807) is 26.2 Å². The number of methoxy groups -OCH3 is 1. The number of hydrogen-bond acceptors (Lipinski definition) is 3. The van der Waals surface area contributed by atoms with Crippen molar-refractivity contribution in [2.24, 2.45) is 0 Å². The number of anilines is 1. The third kappa shape index (κ3) is 6.41. The zero-order chi connectivity index (χ0) is 20.5. The molecule has 0 saturated carbocycles. The Kier molecular flexibility index (Phi) is 8.05. The Bertz CT molecular complexity index is 831. The van der Waals surface area contributed by atoms with Crippen LogP contribution in [0.25, 0.3) is 0 Å². The van der Waals surface area contributed by atoms with Gasteiger partial charge in [0.05, 0.1) is 19.2 Å². The molecule has 0 fully saturated rings. The van der Waals surface area contributed by atoms with Crippen LogP contribution in [0, 0.1) is 13.8 Å². The van der Waals surface area contributed by atoms with Crippen LogP contribution in [-0.2, 0) is 22.4 Å². The smallest absolute Gasteiger partial charge is 0.224 e. The van der Waals surface area contributed by atoms with Gasteiger partial charge >= 0.3 is 0 Å². The molecule has 2 amide bonds. The molecule has 28 heavy (non-hydrogen) atoms. The molecular formula is C23H30N2O3. The summed E-state index contributed by atoms with van der Waals surface area (Å²) < 4.78 is 5.33. The average molecular weight is 383 g/mol. The lowest BCUT2D eigenvalue weighted by Crippen LogP contribution is -2.26. The first-order valence-corrected chi connectivity index (χ1v) is 9.72. The average Bonchev–Trinajstić information content (AvgIpc) is 2.68. The molecule has 5 heteroatoms. The van der Waals surface area contributed by atoms with Gasteiger partial charge in [0.15, 0.2) is 0 Å². The van der Waals surface area contributed by atoms with Gasteiger partial charge in [-0.15, -0.1) is 0 Å². The number of rotatable bonds is 9. The van der Waals surface area contributed by atoms with Gasteiger partial charge in [-0.25, -0.2) is 0 Å². The maximum absolute atomic E-state index is 12.2. The maximum atomic E-state index is 12.2. The van der Waals surface area contributed by atoms with Crippen molar-refractivity contribution in [2.45, 2.75) is 46.5 Å². The third-order valence-corrected chi connectivity index (χ3v) is 4.76. The van der Waals surface area contributed by atoms with E-state index in [0.29, 0.717) is 24.4 Å². The summed E-state index contributed by atoms with van der Waals surface area (Å²) in [5.74, 6) is 0.460. The molecular weight excluding hydrogens is 352 g/mol. The highest BCUT2D eigenvalue weighted by Crippen LogP contribution is 2.26. The minimum Gasteiger partial charge on any atom is -0.495 e. The monoisotopic (exact) mass is 382 g/mol. The van der Waals surface area contributed by atoms with Crippen molar-refractivity contribution in [1.29, 1.82) is 0 Å². The van der Waals surface area contributed by atoms with Crippen LogP contribution in [0.2, 0.25) is 0 Å². The van der Waals surface area contributed by atoms with Crippen molar-refractivity contribution < 1.29 is 14.3 Å². The number of aryl methyl sites for hydroxylation is 3. The van der Waals surface area contributed by atoms with Gasteiger partial charge in [0.25, 0.3) is 0 Å². The second kappa shape index (κ2) is 10.5. The van der Waals surface area contributed by atoms with Crippen LogP contribution in [0.4, 0.5) is 5.69 Å². The zero-order valence-electron chi connectivity index (χ0n) is 17.2. The number of ether oxygens (including phenoxy) is 1. The summed E-state index contributed by atoms with van der Waals surface area (Å²) in [4.78, 5) is 23.8. The summed E-state index contributed by atoms with van der Waals surface area (Å²) in [6.07, 6.45) is 2.53. The number of carbonyl (C=O) groups excluding carboxylic acids is 2. The fourth-order valence-corrected chi connectivity index (χ4v) is 2.91. The lowest BCUT2D eigenvalue weighted by atomic mass is 10.0. The van der Waals surface area contributed by atoms with Crippen molar-refractivity contribution in [1.82, 2.24) is 5.32 Å². The normalized spacial score (nSPS) is 10.4. The molecule has 0 spiro atoms. The Morgan fingerprint density at radius 2 is 1.71 bits per heavy atom. The molecule has 0 bridgehead atoms. The molecule has 0 aliphatic rings. The lowest BCUT2D eigenvalue weighted by molar-refractivity contribution is -0.120. The van der Waals surface area contributed by atoms with Gasteiger partial charge in [0.1, 0.15) is 5.75 Å². The molecule has 0 atom stereocenters. The van der Waals surface area contributed by atoms with Crippen LogP contribution in [-0.4, -0.2) is 25.5 Å². The van der Waals surface area contributed by atoms with Gasteiger partial charge in [-0.2, -0.15) is 0 Å². The highest BCUT2D eigenvalue weighted by Gasteiger charge is 2.10. The van der Waals surface area contributed by atoms with Crippen LogP contribution in [0.3, 0.4) is 0 Å². The van der Waals surface area contributed by atoms with E-state index >= 15 is 0 Å². The molecule has 0 aliphatic carbocycles. The molecule has 150 valence electrons. The zero-order valence-corrected chi connectivity index (χ0v) is 17.2. The van der Waals surface area contributed by atoms with Crippen molar-refractivity contribution in [3.63, 3.8) is 0 Å². The summed E-state index contributed by atoms with van der Waals surface area (Å²) in [6, 6.07) is 11.9. The highest BCUT2D eigenvalue weighted by atomic mass is 16.5. The number of benzene rings is 2. The van der Waals surface area contributed by atoms with E-state index in [9.17, 15) is 9.59 Å². The van der Waals surface area contributed by atoms with Gasteiger partial charge in [0, 0.05) is 13.0 Å². The van der Waals surface area contributed by atoms with E-state index in [2.05, 4.69) is 42.7 Å². The van der Waals surface area contributed by atoms with Crippen LogP contribution < -0.4 is 15.4 Å². The quantitative estimate of drug-likeness (QED) is 0.645. The fourth-order valence-electron chi connectivity index (χ4n) is 2.91. The van der Waals surface area contributed by atoms with Crippen molar-refractivity contribution in [3.05, 3.63) is 58.7 Å². The minimum atomic E-state index is -0.0763. The summed E-state index contributed by atoms with van der Waals surface area (Å²) in [5.41, 5.74) is 5.36. The number of nitrogens with one attached hydrogen (secondary N) is 2. The van der Waals surface area contributed by atoms with E-state index in [4.69, 9.17) is 4.74 Å². The van der Waals surface area contributed by atoms with Crippen LogP contribution in [0.5, 0.6) is 5.75 Å². The largest absolute Gasteiger partial charge is 0.495 e. The van der Waals surface area contributed by atoms with E-state index in [1.165, 1.54) is 16.7 Å². The molecule has 2 aromatic rings. The van der Waals surface area contributed by atoms with Gasteiger partial charge in [-0.1, -0.05) is 31.2 Å². The second-order valence-electron chi connectivity index (χ2n) is 6.99. The molecule has 5 nitrogen and oxygen atoms in total. The van der Waals surface area contributed by atoms with Crippen LogP contribution in [0.1, 0.15) is 42.0 Å². The summed E-state index contributed by atoms with van der Waals surface area (Å²) >= 11 is 0. The Hall–Kier alpha value is -2.82. The lowest BCUT2D eigenvalue weighted by Gasteiger charge is -2.12. The second-order valence-corrected chi connectivity index (χ2v) is 6.99. The van der Waals surface area contributed by atoms with E-state index < -0.39 is 0 Å². The van der Waals surface area contributed by atoms with Crippen LogP contribution in [0.15, 0.2) is 36.4 Å². The van der Waals surface area contributed by atoms with E-state index in [0.717, 1.165) is 18.4 Å². The van der Waals surface area contributed by atoms with Gasteiger partial charge < -0.3 is 15.4 Å². The first kappa shape index (κ1) is 21.5. The first-order chi connectivity index (χ1) is 13.4. The Morgan fingerprint density at radius 3 is 2.39 bits per heavy atom. The minimum absolute atomic E-state index is 0.0208. The van der Waals surface area contributed by atoms with Gasteiger partial charge in [-0.05, 0) is 61.1 Å². The number of hydrogen-bond donors (Lipinski definition) is 2. The van der Waals surface area contributed by atoms with E-state index in [-0.39, 0.29) is 18.2 Å². The predicted molar refractivity (Wildman–Crippen MR) is 113 cm³/mol. The number of amides is 2. The molecule has 0 radical (unpaired) electrons. The Labute approximate surface area is 167 Å². The molecule has 2 aromatic carbocycles. The predicted octanol–water partition coefficient (Wildman–Crippen LogP) is 3.95. The Balaban J connectivity index is 1.82. The molecule has 0 saturated heterocycles. The maximum Gasteiger partial charge on any atom is 0.224 e. The van der Waals surface area contributed by atoms with Crippen molar-refractivity contribution in [2.75, 3.05) is 19.0 Å². The summed E-state index contributed by atoms with van der Waals surface area (Å²) in [6.45, 7) is 6.67. The molecule has 0 aliphatic heterocycles. The first-order valence-electron chi connectivity index (χ1n) is 9.72. The van der Waals surface area contributed by atoms with Crippen LogP contribution >= 0.6 is 0 Å². The standard InChI is InChI=1S/C23H30N2O3/c1-5-22(26)25-20-11-10-19(14-21(20)28-4)15-23(27)24-12-6-7-18-9-8-16(2)17(3)13-18/h8-11,13-14H,5-7,12,15H2,1-4H3,(H,24,27)(H,25,26). The molecule has 2 rings (SSSR count). The fraction of sp³-hybridized carbons (Fsp3) is 0.391. The SMILES string of the molecule is CCC(=O)Nc1ccc(CC(=O)NCCCc2ccc(C)c(C)c2)cc1OC. The summed E-state index contributed by atoms with van der Waals surface area (Å²) in [5, 5.41) is 5.76. The topological polar surface area (TPSA) is 67.4 Å². The molecule has 2 N–H and O–H groups in total. The van der Waals surface area contributed by atoms with E-state index in [1.807, 2.05) is 6.07 Å². The molecule has 0 heterocycles. The molecule has 0 aromatic heterocycles. The van der Waals surface area contributed by atoms with Gasteiger partial charge in [0.2, 0.25) is 11.8 Å². The van der Waals surface area contributed by atoms with Crippen molar-refractivity contribution in [3.8, 4) is 5.75 Å². The highest BCUT2D eigenvalue weighted by molar-refractivity contribution is 5.92.